The highest BCUT2D eigenvalue weighted by atomic mass is 15.3. The van der Waals surface area contributed by atoms with Crippen molar-refractivity contribution in [2.24, 2.45) is 10.1 Å². The summed E-state index contributed by atoms with van der Waals surface area (Å²) >= 11 is 0. The van der Waals surface area contributed by atoms with Gasteiger partial charge in [0.25, 0.3) is 5.96 Å². The lowest BCUT2D eigenvalue weighted by atomic mass is 10.2. The van der Waals surface area contributed by atoms with Crippen LogP contribution in [-0.2, 0) is 0 Å². The molecule has 0 amide bonds. The van der Waals surface area contributed by atoms with E-state index in [-0.39, 0.29) is 0 Å². The topological polar surface area (TPSA) is 51.8 Å². The number of para-hydroxylation sites is 3. The molecule has 3 aromatic carbocycles. The molecule has 0 atom stereocenters. The summed E-state index contributed by atoms with van der Waals surface area (Å²) in [6.07, 6.45) is 0. The Balaban J connectivity index is 2.11. The first-order valence-corrected chi connectivity index (χ1v) is 7.30. The third kappa shape index (κ3) is 3.49. The molecule has 23 heavy (non-hydrogen) atoms. The molecule has 0 aromatic heterocycles. The van der Waals surface area contributed by atoms with Crippen LogP contribution in [0.4, 0.5) is 17.1 Å². The first kappa shape index (κ1) is 14.7. The summed E-state index contributed by atoms with van der Waals surface area (Å²) in [5.74, 6) is 0.314. The zero-order valence-electron chi connectivity index (χ0n) is 12.5. The number of nitrogens with zero attached hydrogens (tertiary/aromatic N) is 3. The van der Waals surface area contributed by atoms with E-state index in [2.05, 4.69) is 10.1 Å². The maximum absolute atomic E-state index is 7.59. The summed E-state index contributed by atoms with van der Waals surface area (Å²) in [7, 11) is 0. The molecule has 0 bridgehead atoms. The van der Waals surface area contributed by atoms with Crippen LogP contribution in [0.5, 0.6) is 0 Å². The minimum Gasteiger partial charge on any atom is -0.278 e. The lowest BCUT2D eigenvalue weighted by Gasteiger charge is -2.23. The Kier molecular flexibility index (Phi) is 4.55. The van der Waals surface area contributed by atoms with Gasteiger partial charge in [0.2, 0.25) is 0 Å². The Labute approximate surface area is 135 Å². The molecule has 0 saturated heterocycles. The smallest absolute Gasteiger partial charge is 0.254 e. The van der Waals surface area contributed by atoms with E-state index in [1.807, 2.05) is 95.9 Å². The molecule has 3 aromatic rings. The number of rotatable bonds is 3. The second kappa shape index (κ2) is 7.13. The van der Waals surface area contributed by atoms with Gasteiger partial charge < -0.3 is 0 Å². The number of guanidine groups is 1. The van der Waals surface area contributed by atoms with Gasteiger partial charge in [0.15, 0.2) is 0 Å². The van der Waals surface area contributed by atoms with Crippen LogP contribution in [0, 0.1) is 5.53 Å². The Morgan fingerprint density at radius 2 is 1.09 bits per heavy atom. The van der Waals surface area contributed by atoms with Crippen LogP contribution in [0.15, 0.2) is 101 Å². The van der Waals surface area contributed by atoms with Crippen molar-refractivity contribution < 1.29 is 0 Å². The summed E-state index contributed by atoms with van der Waals surface area (Å²) in [5.41, 5.74) is 10.2. The quantitative estimate of drug-likeness (QED) is 0.385. The molecule has 0 aliphatic carbocycles. The lowest BCUT2D eigenvalue weighted by Crippen LogP contribution is -2.23. The predicted molar refractivity (Wildman–Crippen MR) is 93.7 cm³/mol. The second-order valence-corrected chi connectivity index (χ2v) is 4.87. The van der Waals surface area contributed by atoms with Crippen molar-refractivity contribution in [3.63, 3.8) is 0 Å². The zero-order valence-corrected chi connectivity index (χ0v) is 12.5. The van der Waals surface area contributed by atoms with E-state index in [4.69, 9.17) is 5.53 Å². The van der Waals surface area contributed by atoms with Crippen molar-refractivity contribution in [2.75, 3.05) is 4.90 Å². The van der Waals surface area contributed by atoms with Crippen molar-refractivity contribution in [1.29, 1.82) is 5.53 Å². The van der Waals surface area contributed by atoms with Gasteiger partial charge in [0, 0.05) is 11.4 Å². The number of benzene rings is 3. The van der Waals surface area contributed by atoms with Gasteiger partial charge in [-0.1, -0.05) is 54.6 Å². The maximum atomic E-state index is 7.59. The van der Waals surface area contributed by atoms with E-state index >= 15 is 0 Å². The van der Waals surface area contributed by atoms with Crippen LogP contribution in [0.2, 0.25) is 0 Å². The Morgan fingerprint density at radius 3 is 1.52 bits per heavy atom. The van der Waals surface area contributed by atoms with Gasteiger partial charge in [-0.2, -0.15) is 0 Å². The molecule has 0 saturated carbocycles. The van der Waals surface area contributed by atoms with E-state index < -0.39 is 0 Å². The monoisotopic (exact) mass is 300 g/mol. The van der Waals surface area contributed by atoms with Crippen LogP contribution in [0.3, 0.4) is 0 Å². The van der Waals surface area contributed by atoms with Crippen molar-refractivity contribution in [3.05, 3.63) is 91.0 Å². The molecule has 0 aliphatic heterocycles. The summed E-state index contributed by atoms with van der Waals surface area (Å²) < 4.78 is 0. The number of aliphatic imine (C=N–C) groups is 1. The predicted octanol–water partition coefficient (Wildman–Crippen LogP) is 5.54. The van der Waals surface area contributed by atoms with Crippen LogP contribution >= 0.6 is 0 Å². The number of hydrogen-bond donors (Lipinski definition) is 1. The molecular formula is C19H16N4. The number of anilines is 2. The fourth-order valence-electron chi connectivity index (χ4n) is 2.28. The van der Waals surface area contributed by atoms with Crippen LogP contribution in [-0.4, -0.2) is 5.96 Å². The molecular weight excluding hydrogens is 284 g/mol. The molecule has 0 spiro atoms. The average Bonchev–Trinajstić information content (AvgIpc) is 2.64. The van der Waals surface area contributed by atoms with Crippen molar-refractivity contribution in [2.45, 2.75) is 0 Å². The summed E-state index contributed by atoms with van der Waals surface area (Å²) in [6.45, 7) is 0. The van der Waals surface area contributed by atoms with Crippen LogP contribution in [0.25, 0.3) is 0 Å². The minimum atomic E-state index is 0.314. The SMILES string of the molecule is N=NC(=Nc1ccccc1)N(c1ccccc1)c1ccccc1. The van der Waals surface area contributed by atoms with E-state index in [1.54, 1.807) is 0 Å². The van der Waals surface area contributed by atoms with E-state index in [1.165, 1.54) is 0 Å². The lowest BCUT2D eigenvalue weighted by molar-refractivity contribution is 1.13. The second-order valence-electron chi connectivity index (χ2n) is 4.87. The molecule has 1 N–H and O–H groups in total. The van der Waals surface area contributed by atoms with Gasteiger partial charge in [-0.05, 0) is 36.4 Å². The number of hydrogen-bond acceptors (Lipinski definition) is 2. The Hall–Kier alpha value is -3.27. The highest BCUT2D eigenvalue weighted by Crippen LogP contribution is 2.27. The molecule has 4 nitrogen and oxygen atoms in total. The largest absolute Gasteiger partial charge is 0.278 e. The summed E-state index contributed by atoms with van der Waals surface area (Å²) in [5, 5.41) is 3.66. The molecule has 0 aliphatic rings. The maximum Gasteiger partial charge on any atom is 0.254 e. The minimum absolute atomic E-state index is 0.314. The van der Waals surface area contributed by atoms with Crippen molar-refractivity contribution >= 4 is 23.0 Å². The van der Waals surface area contributed by atoms with Crippen molar-refractivity contribution in [1.82, 2.24) is 0 Å². The standard InChI is InChI=1S/C19H16N4/c20-22-19(21-16-10-4-1-5-11-16)23(17-12-6-2-7-13-17)18-14-8-3-9-15-18/h1-15,20H. The third-order valence-electron chi connectivity index (χ3n) is 3.31. The first-order chi connectivity index (χ1) is 11.4. The highest BCUT2D eigenvalue weighted by molar-refractivity contribution is 6.03. The summed E-state index contributed by atoms with van der Waals surface area (Å²) in [6, 6.07) is 29.1. The fraction of sp³-hybridized carbons (Fsp3) is 0. The van der Waals surface area contributed by atoms with E-state index in [0.717, 1.165) is 17.1 Å². The van der Waals surface area contributed by atoms with Gasteiger partial charge in [0.05, 0.1) is 5.69 Å². The molecule has 3 rings (SSSR count). The first-order valence-electron chi connectivity index (χ1n) is 7.30. The Bertz CT molecular complexity index is 744. The molecule has 0 radical (unpaired) electrons. The van der Waals surface area contributed by atoms with Gasteiger partial charge >= 0.3 is 0 Å². The molecule has 0 fully saturated rings. The summed E-state index contributed by atoms with van der Waals surface area (Å²) in [4.78, 5) is 6.38. The van der Waals surface area contributed by atoms with Gasteiger partial charge in [-0.25, -0.2) is 10.5 Å². The molecule has 0 unspecified atom stereocenters. The van der Waals surface area contributed by atoms with Gasteiger partial charge in [0.1, 0.15) is 0 Å². The van der Waals surface area contributed by atoms with E-state index in [0.29, 0.717) is 5.96 Å². The molecule has 4 heteroatoms. The third-order valence-corrected chi connectivity index (χ3v) is 3.31. The molecule has 112 valence electrons. The Morgan fingerprint density at radius 1 is 0.652 bits per heavy atom. The zero-order chi connectivity index (χ0) is 15.9. The average molecular weight is 300 g/mol. The van der Waals surface area contributed by atoms with Gasteiger partial charge in [-0.15, -0.1) is 5.11 Å². The van der Waals surface area contributed by atoms with Crippen LogP contribution < -0.4 is 4.90 Å². The normalized spacial score (nSPS) is 11.0. The highest BCUT2D eigenvalue weighted by Gasteiger charge is 2.15. The van der Waals surface area contributed by atoms with Crippen LogP contribution in [0.1, 0.15) is 0 Å². The van der Waals surface area contributed by atoms with Crippen molar-refractivity contribution in [3.8, 4) is 0 Å². The fourth-order valence-corrected chi connectivity index (χ4v) is 2.28. The van der Waals surface area contributed by atoms with E-state index in [9.17, 15) is 0 Å². The molecule has 0 heterocycles. The van der Waals surface area contributed by atoms with Gasteiger partial charge in [-0.3, -0.25) is 4.90 Å². The number of nitrogens with one attached hydrogen (secondary N) is 1.